The Bertz CT molecular complexity index is 545. The predicted molar refractivity (Wildman–Crippen MR) is 84.3 cm³/mol. The van der Waals surface area contributed by atoms with E-state index in [9.17, 15) is 20.0 Å². The van der Waals surface area contributed by atoms with Crippen LogP contribution in [0.25, 0.3) is 0 Å². The highest BCUT2D eigenvalue weighted by Crippen LogP contribution is 2.34. The Hall–Kier alpha value is -0.865. The summed E-state index contributed by atoms with van der Waals surface area (Å²) in [5.74, 6) is -1.05. The molecule has 0 radical (unpaired) electrons. The van der Waals surface area contributed by atoms with Crippen molar-refractivity contribution in [1.82, 2.24) is 5.32 Å². The van der Waals surface area contributed by atoms with Gasteiger partial charge in [-0.05, 0) is 24.3 Å². The lowest BCUT2D eigenvalue weighted by atomic mass is 9.72. The van der Waals surface area contributed by atoms with E-state index in [0.717, 1.165) is 0 Å². The first-order valence-corrected chi connectivity index (χ1v) is 8.14. The zero-order chi connectivity index (χ0) is 15.6. The van der Waals surface area contributed by atoms with Gasteiger partial charge < -0.3 is 19.9 Å². The van der Waals surface area contributed by atoms with Crippen LogP contribution in [0.3, 0.4) is 0 Å². The number of carbonyl (C=O) groups is 1. The highest BCUT2D eigenvalue weighted by atomic mass is 32.2. The summed E-state index contributed by atoms with van der Waals surface area (Å²) in [5, 5.41) is 31.8. The zero-order valence-corrected chi connectivity index (χ0v) is 13.0. The Balaban J connectivity index is 2.24. The second kappa shape index (κ2) is 6.93. The standard InChI is InChI=1S/C12H16BNO5S2/c1-21-5-9(15)14-8-4-6-2-3-7(20)10(12(16)17)11(6)19-13(8)18/h2-3,8-9,14-15,18,20H,4-5H2,1H3,(H,16,17). The van der Waals surface area contributed by atoms with Gasteiger partial charge in [-0.15, -0.1) is 12.6 Å². The van der Waals surface area contributed by atoms with Gasteiger partial charge in [0.2, 0.25) is 0 Å². The number of hydrogen-bond acceptors (Lipinski definition) is 7. The number of fused-ring (bicyclic) bond motifs is 1. The van der Waals surface area contributed by atoms with Crippen molar-refractivity contribution in [3.8, 4) is 5.75 Å². The maximum atomic E-state index is 11.3. The Morgan fingerprint density at radius 3 is 3.00 bits per heavy atom. The molecule has 2 rings (SSSR count). The molecular formula is C12H16BNO5S2. The number of hydrogen-bond donors (Lipinski definition) is 5. The second-order valence-corrected chi connectivity index (χ2v) is 6.10. The van der Waals surface area contributed by atoms with Gasteiger partial charge in [0.1, 0.15) is 17.5 Å². The van der Waals surface area contributed by atoms with Crippen LogP contribution < -0.4 is 9.97 Å². The molecule has 0 amide bonds. The third kappa shape index (κ3) is 3.67. The van der Waals surface area contributed by atoms with Gasteiger partial charge in [-0.1, -0.05) is 6.07 Å². The summed E-state index contributed by atoms with van der Waals surface area (Å²) >= 11 is 5.58. The molecule has 0 saturated heterocycles. The summed E-state index contributed by atoms with van der Waals surface area (Å²) in [6.07, 6.45) is 1.45. The van der Waals surface area contributed by atoms with Crippen molar-refractivity contribution in [1.29, 1.82) is 0 Å². The number of aliphatic hydroxyl groups excluding tert-OH is 1. The molecule has 1 aromatic rings. The summed E-state index contributed by atoms with van der Waals surface area (Å²) in [4.78, 5) is 11.6. The van der Waals surface area contributed by atoms with Crippen LogP contribution >= 0.6 is 24.4 Å². The first kappa shape index (κ1) is 16.5. The molecule has 0 aliphatic carbocycles. The average molecular weight is 329 g/mol. The molecule has 21 heavy (non-hydrogen) atoms. The van der Waals surface area contributed by atoms with Crippen LogP contribution in [0.2, 0.25) is 0 Å². The van der Waals surface area contributed by atoms with Gasteiger partial charge in [-0.3, -0.25) is 5.32 Å². The summed E-state index contributed by atoms with van der Waals surface area (Å²) in [5.41, 5.74) is 0.599. The van der Waals surface area contributed by atoms with E-state index >= 15 is 0 Å². The van der Waals surface area contributed by atoms with Crippen LogP contribution in [0.1, 0.15) is 15.9 Å². The summed E-state index contributed by atoms with van der Waals surface area (Å²) in [7, 11) is -1.23. The van der Waals surface area contributed by atoms with Gasteiger partial charge in [0, 0.05) is 10.6 Å². The monoisotopic (exact) mass is 329 g/mol. The molecule has 9 heteroatoms. The summed E-state index contributed by atoms with van der Waals surface area (Å²) < 4.78 is 5.34. The number of rotatable bonds is 5. The highest BCUT2D eigenvalue weighted by Gasteiger charge is 2.38. The molecule has 1 heterocycles. The molecule has 0 aromatic heterocycles. The van der Waals surface area contributed by atoms with E-state index in [0.29, 0.717) is 17.7 Å². The van der Waals surface area contributed by atoms with Crippen molar-refractivity contribution in [3.63, 3.8) is 0 Å². The fourth-order valence-corrected chi connectivity index (χ4v) is 2.94. The van der Waals surface area contributed by atoms with Crippen LogP contribution in [-0.2, 0) is 6.42 Å². The maximum absolute atomic E-state index is 11.3. The molecule has 2 atom stereocenters. The van der Waals surface area contributed by atoms with E-state index in [1.54, 1.807) is 12.1 Å². The molecule has 2 unspecified atom stereocenters. The molecule has 1 aromatic carbocycles. The topological polar surface area (TPSA) is 99.0 Å². The second-order valence-electron chi connectivity index (χ2n) is 4.71. The average Bonchev–Trinajstić information content (AvgIpc) is 2.39. The number of benzene rings is 1. The van der Waals surface area contributed by atoms with E-state index in [1.165, 1.54) is 11.8 Å². The Morgan fingerprint density at radius 1 is 1.67 bits per heavy atom. The maximum Gasteiger partial charge on any atom is 0.541 e. The summed E-state index contributed by atoms with van der Waals surface area (Å²) in [6, 6.07) is 3.30. The van der Waals surface area contributed by atoms with Gasteiger partial charge in [0.25, 0.3) is 0 Å². The molecule has 4 N–H and O–H groups in total. The van der Waals surface area contributed by atoms with Crippen molar-refractivity contribution in [2.75, 3.05) is 12.0 Å². The van der Waals surface area contributed by atoms with Crippen LogP contribution in [0.15, 0.2) is 17.0 Å². The SMILES string of the molecule is CSCC(O)NC1Cc2ccc(S)c(C(=O)O)c2OB1O. The molecule has 0 spiro atoms. The molecule has 0 bridgehead atoms. The lowest BCUT2D eigenvalue weighted by molar-refractivity contribution is 0.0689. The fraction of sp³-hybridized carbons (Fsp3) is 0.417. The number of carboxylic acids is 1. The number of thiol groups is 1. The number of aromatic carboxylic acids is 1. The Kier molecular flexibility index (Phi) is 5.45. The largest absolute Gasteiger partial charge is 0.541 e. The highest BCUT2D eigenvalue weighted by molar-refractivity contribution is 7.98. The van der Waals surface area contributed by atoms with Gasteiger partial charge in [-0.2, -0.15) is 11.8 Å². The number of carboxylic acid groups (broad SMARTS) is 1. The van der Waals surface area contributed by atoms with Crippen molar-refractivity contribution >= 4 is 37.5 Å². The third-order valence-corrected chi connectivity index (χ3v) is 4.21. The lowest BCUT2D eigenvalue weighted by Crippen LogP contribution is -2.55. The van der Waals surface area contributed by atoms with Crippen molar-refractivity contribution in [3.05, 3.63) is 23.3 Å². The Labute approximate surface area is 132 Å². The van der Waals surface area contributed by atoms with E-state index < -0.39 is 25.3 Å². The minimum Gasteiger partial charge on any atom is -0.534 e. The van der Waals surface area contributed by atoms with E-state index in [4.69, 9.17) is 4.65 Å². The van der Waals surface area contributed by atoms with Gasteiger partial charge in [-0.25, -0.2) is 4.79 Å². The molecule has 0 saturated carbocycles. The minimum absolute atomic E-state index is 0.0574. The van der Waals surface area contributed by atoms with Crippen LogP contribution in [-0.4, -0.2) is 52.5 Å². The molecule has 1 aliphatic heterocycles. The normalized spacial score (nSPS) is 18.9. The summed E-state index contributed by atoms with van der Waals surface area (Å²) in [6.45, 7) is 0. The quantitative estimate of drug-likeness (QED) is 0.300. The first-order valence-electron chi connectivity index (χ1n) is 6.30. The van der Waals surface area contributed by atoms with Crippen LogP contribution in [0.4, 0.5) is 0 Å². The van der Waals surface area contributed by atoms with Crippen molar-refractivity contribution in [2.24, 2.45) is 0 Å². The fourth-order valence-electron chi connectivity index (χ4n) is 2.25. The van der Waals surface area contributed by atoms with Crippen molar-refractivity contribution < 1.29 is 24.7 Å². The smallest absolute Gasteiger partial charge is 0.534 e. The number of nitrogens with one attached hydrogen (secondary N) is 1. The lowest BCUT2D eigenvalue weighted by Gasteiger charge is -2.30. The number of thioether (sulfide) groups is 1. The molecule has 114 valence electrons. The predicted octanol–water partition coefficient (Wildman–Crippen LogP) is 0.268. The van der Waals surface area contributed by atoms with Crippen LogP contribution in [0.5, 0.6) is 5.75 Å². The van der Waals surface area contributed by atoms with Gasteiger partial charge >= 0.3 is 13.1 Å². The van der Waals surface area contributed by atoms with E-state index in [1.807, 2.05) is 6.26 Å². The van der Waals surface area contributed by atoms with Crippen molar-refractivity contribution in [2.45, 2.75) is 23.5 Å². The van der Waals surface area contributed by atoms with E-state index in [2.05, 4.69) is 17.9 Å². The molecule has 0 fully saturated rings. The molecule has 6 nitrogen and oxygen atoms in total. The Morgan fingerprint density at radius 2 is 2.38 bits per heavy atom. The van der Waals surface area contributed by atoms with Crippen LogP contribution in [0, 0.1) is 0 Å². The molecular weight excluding hydrogens is 313 g/mol. The van der Waals surface area contributed by atoms with Gasteiger partial charge in [0.05, 0.1) is 5.94 Å². The van der Waals surface area contributed by atoms with Gasteiger partial charge in [0.15, 0.2) is 0 Å². The zero-order valence-electron chi connectivity index (χ0n) is 11.3. The minimum atomic E-state index is -1.23. The van der Waals surface area contributed by atoms with E-state index in [-0.39, 0.29) is 16.2 Å². The third-order valence-electron chi connectivity index (χ3n) is 3.18. The first-order chi connectivity index (χ1) is 9.93. The molecule has 1 aliphatic rings. The number of aliphatic hydroxyl groups is 1.